The number of hydrogen-bond acceptors (Lipinski definition) is 3. The lowest BCUT2D eigenvalue weighted by molar-refractivity contribution is 0.282. The summed E-state index contributed by atoms with van der Waals surface area (Å²) in [6.45, 7) is 2.06. The van der Waals surface area contributed by atoms with Gasteiger partial charge in [0.25, 0.3) is 0 Å². The molecule has 0 fully saturated rings. The quantitative estimate of drug-likeness (QED) is 0.733. The van der Waals surface area contributed by atoms with Crippen LogP contribution in [-0.4, -0.2) is 12.2 Å². The third-order valence-corrected chi connectivity index (χ3v) is 5.03. The highest BCUT2D eigenvalue weighted by Crippen LogP contribution is 2.40. The van der Waals surface area contributed by atoms with Crippen molar-refractivity contribution in [2.75, 3.05) is 7.11 Å². The zero-order chi connectivity index (χ0) is 15.0. The van der Waals surface area contributed by atoms with Gasteiger partial charge in [-0.1, -0.05) is 17.7 Å². The summed E-state index contributed by atoms with van der Waals surface area (Å²) in [6, 6.07) is 9.89. The number of hydrogen-bond donors (Lipinski definition) is 1. The third-order valence-electron chi connectivity index (χ3n) is 3.59. The summed E-state index contributed by atoms with van der Waals surface area (Å²) in [5, 5.41) is 13.3. The normalized spacial score (nSPS) is 11.0. The predicted molar refractivity (Wildman–Crippen MR) is 89.5 cm³/mol. The molecule has 21 heavy (non-hydrogen) atoms. The van der Waals surface area contributed by atoms with Crippen LogP contribution in [0.25, 0.3) is 21.2 Å². The van der Waals surface area contributed by atoms with E-state index in [2.05, 4.69) is 18.4 Å². The third kappa shape index (κ3) is 2.53. The molecule has 3 rings (SSSR count). The lowest BCUT2D eigenvalue weighted by Gasteiger charge is -2.08. The number of halogens is 1. The molecule has 1 N–H and O–H groups in total. The Morgan fingerprint density at radius 1 is 1.19 bits per heavy atom. The van der Waals surface area contributed by atoms with Crippen LogP contribution in [0.3, 0.4) is 0 Å². The molecule has 0 aliphatic rings. The number of methoxy groups -OCH3 is 1. The van der Waals surface area contributed by atoms with Gasteiger partial charge in [-0.25, -0.2) is 0 Å². The number of thiophene rings is 1. The largest absolute Gasteiger partial charge is 0.497 e. The second-order valence-corrected chi connectivity index (χ2v) is 6.23. The van der Waals surface area contributed by atoms with Gasteiger partial charge < -0.3 is 9.84 Å². The van der Waals surface area contributed by atoms with E-state index in [4.69, 9.17) is 16.3 Å². The van der Waals surface area contributed by atoms with Crippen molar-refractivity contribution < 1.29 is 9.84 Å². The SMILES string of the molecule is COc1ccc(-c2csc3c(Cl)cc(CO)cc23)c(C)c1. The van der Waals surface area contributed by atoms with Crippen LogP contribution in [0.15, 0.2) is 35.7 Å². The fraction of sp³-hybridized carbons (Fsp3) is 0.176. The average molecular weight is 319 g/mol. The maximum atomic E-state index is 9.37. The summed E-state index contributed by atoms with van der Waals surface area (Å²) in [7, 11) is 1.67. The molecule has 0 saturated carbocycles. The number of aryl methyl sites for hydroxylation is 1. The fourth-order valence-corrected chi connectivity index (χ4v) is 3.85. The van der Waals surface area contributed by atoms with Crippen molar-refractivity contribution in [2.45, 2.75) is 13.5 Å². The first-order valence-corrected chi connectivity index (χ1v) is 7.85. The molecule has 0 aliphatic carbocycles. The Balaban J connectivity index is 2.23. The van der Waals surface area contributed by atoms with Crippen LogP contribution >= 0.6 is 22.9 Å². The van der Waals surface area contributed by atoms with Gasteiger partial charge in [-0.2, -0.15) is 0 Å². The van der Waals surface area contributed by atoms with Crippen molar-refractivity contribution in [1.82, 2.24) is 0 Å². The molecular weight excluding hydrogens is 304 g/mol. The van der Waals surface area contributed by atoms with Gasteiger partial charge in [0.15, 0.2) is 0 Å². The molecule has 4 heteroatoms. The van der Waals surface area contributed by atoms with E-state index in [1.165, 1.54) is 0 Å². The van der Waals surface area contributed by atoms with Gasteiger partial charge in [-0.3, -0.25) is 0 Å². The first-order chi connectivity index (χ1) is 10.1. The topological polar surface area (TPSA) is 29.5 Å². The minimum atomic E-state index is -0.00740. The second-order valence-electron chi connectivity index (χ2n) is 4.94. The van der Waals surface area contributed by atoms with E-state index in [1.807, 2.05) is 24.3 Å². The molecule has 0 unspecified atom stereocenters. The Kier molecular flexibility index (Phi) is 3.89. The maximum Gasteiger partial charge on any atom is 0.119 e. The predicted octanol–water partition coefficient (Wildman–Crippen LogP) is 5.03. The highest BCUT2D eigenvalue weighted by Gasteiger charge is 2.12. The Morgan fingerprint density at radius 3 is 2.67 bits per heavy atom. The average Bonchev–Trinajstić information content (AvgIpc) is 2.91. The Morgan fingerprint density at radius 2 is 2.00 bits per heavy atom. The number of aliphatic hydroxyl groups excluding tert-OH is 1. The summed E-state index contributed by atoms with van der Waals surface area (Å²) >= 11 is 7.94. The molecule has 2 nitrogen and oxygen atoms in total. The lowest BCUT2D eigenvalue weighted by Crippen LogP contribution is -1.87. The molecule has 2 aromatic carbocycles. The van der Waals surface area contributed by atoms with Crippen LogP contribution in [0.4, 0.5) is 0 Å². The molecule has 0 bridgehead atoms. The molecule has 0 radical (unpaired) electrons. The number of fused-ring (bicyclic) bond motifs is 1. The van der Waals surface area contributed by atoms with Gasteiger partial charge in [-0.15, -0.1) is 11.3 Å². The first-order valence-electron chi connectivity index (χ1n) is 6.59. The molecule has 0 saturated heterocycles. The van der Waals surface area contributed by atoms with E-state index >= 15 is 0 Å². The van der Waals surface area contributed by atoms with Gasteiger partial charge in [0.1, 0.15) is 5.75 Å². The molecule has 0 amide bonds. The van der Waals surface area contributed by atoms with E-state index < -0.39 is 0 Å². The van der Waals surface area contributed by atoms with E-state index in [9.17, 15) is 5.11 Å². The van der Waals surface area contributed by atoms with Crippen molar-refractivity contribution in [3.05, 3.63) is 51.9 Å². The number of rotatable bonds is 3. The highest BCUT2D eigenvalue weighted by molar-refractivity contribution is 7.18. The smallest absolute Gasteiger partial charge is 0.119 e. The van der Waals surface area contributed by atoms with Crippen molar-refractivity contribution >= 4 is 33.0 Å². The Bertz CT molecular complexity index is 808. The van der Waals surface area contributed by atoms with Crippen LogP contribution in [0.5, 0.6) is 5.75 Å². The van der Waals surface area contributed by atoms with E-state index in [0.29, 0.717) is 5.02 Å². The Hall–Kier alpha value is -1.55. The van der Waals surface area contributed by atoms with Crippen molar-refractivity contribution in [3.63, 3.8) is 0 Å². The number of ether oxygens (including phenoxy) is 1. The van der Waals surface area contributed by atoms with Gasteiger partial charge in [-0.05, 0) is 53.3 Å². The monoisotopic (exact) mass is 318 g/mol. The van der Waals surface area contributed by atoms with Crippen LogP contribution in [0.1, 0.15) is 11.1 Å². The number of aliphatic hydroxyl groups is 1. The van der Waals surface area contributed by atoms with Crippen molar-refractivity contribution in [2.24, 2.45) is 0 Å². The fourth-order valence-electron chi connectivity index (χ4n) is 2.52. The highest BCUT2D eigenvalue weighted by atomic mass is 35.5. The summed E-state index contributed by atoms with van der Waals surface area (Å²) in [4.78, 5) is 0. The van der Waals surface area contributed by atoms with E-state index in [-0.39, 0.29) is 6.61 Å². The molecule has 1 heterocycles. The van der Waals surface area contributed by atoms with Crippen LogP contribution in [-0.2, 0) is 6.61 Å². The molecule has 0 spiro atoms. The van der Waals surface area contributed by atoms with Crippen LogP contribution < -0.4 is 4.74 Å². The minimum absolute atomic E-state index is 0.00740. The van der Waals surface area contributed by atoms with Gasteiger partial charge in [0.2, 0.25) is 0 Å². The summed E-state index contributed by atoms with van der Waals surface area (Å²) in [5.41, 5.74) is 4.29. The summed E-state index contributed by atoms with van der Waals surface area (Å²) < 4.78 is 6.31. The maximum absolute atomic E-state index is 9.37. The second kappa shape index (κ2) is 5.68. The standard InChI is InChI=1S/C17H15ClO2S/c1-10-5-12(20-2)3-4-13(10)15-9-21-17-14(15)6-11(8-19)7-16(17)18/h3-7,9,19H,8H2,1-2H3. The van der Waals surface area contributed by atoms with Gasteiger partial charge in [0.05, 0.1) is 23.4 Å². The van der Waals surface area contributed by atoms with Crippen LogP contribution in [0, 0.1) is 6.92 Å². The van der Waals surface area contributed by atoms with Gasteiger partial charge in [0, 0.05) is 10.9 Å². The van der Waals surface area contributed by atoms with Gasteiger partial charge >= 0.3 is 0 Å². The molecule has 1 aromatic heterocycles. The summed E-state index contributed by atoms with van der Waals surface area (Å²) in [6.07, 6.45) is 0. The van der Waals surface area contributed by atoms with Crippen LogP contribution in [0.2, 0.25) is 5.02 Å². The van der Waals surface area contributed by atoms with Crippen molar-refractivity contribution in [3.8, 4) is 16.9 Å². The molecule has 0 atom stereocenters. The lowest BCUT2D eigenvalue weighted by atomic mass is 9.99. The Labute approximate surface area is 132 Å². The zero-order valence-corrected chi connectivity index (χ0v) is 13.4. The molecular formula is C17H15ClO2S. The van der Waals surface area contributed by atoms with Crippen molar-refractivity contribution in [1.29, 1.82) is 0 Å². The first kappa shape index (κ1) is 14.4. The van der Waals surface area contributed by atoms with E-state index in [1.54, 1.807) is 18.4 Å². The molecule has 108 valence electrons. The summed E-state index contributed by atoms with van der Waals surface area (Å²) in [5.74, 6) is 0.852. The minimum Gasteiger partial charge on any atom is -0.497 e. The molecule has 0 aliphatic heterocycles. The molecule has 3 aromatic rings. The zero-order valence-electron chi connectivity index (χ0n) is 11.8. The van der Waals surface area contributed by atoms with E-state index in [0.717, 1.165) is 38.1 Å². The number of benzene rings is 2.